The first-order chi connectivity index (χ1) is 20.0. The number of nitrogens with zero attached hydrogens (tertiary/aromatic N) is 3. The molecule has 6 rings (SSSR count). The van der Waals surface area contributed by atoms with E-state index in [1.54, 1.807) is 12.5 Å². The van der Waals surface area contributed by atoms with Crippen LogP contribution in [0.2, 0.25) is 0 Å². The van der Waals surface area contributed by atoms with Gasteiger partial charge in [0.05, 0.1) is 6.26 Å². The third kappa shape index (κ3) is 5.75. The molecule has 41 heavy (non-hydrogen) atoms. The number of benzene rings is 4. The molecule has 0 amide bonds. The fourth-order valence-corrected chi connectivity index (χ4v) is 4.70. The normalized spacial score (nSPS) is 11.3. The summed E-state index contributed by atoms with van der Waals surface area (Å²) >= 11 is 0. The molecule has 0 aliphatic rings. The van der Waals surface area contributed by atoms with E-state index in [2.05, 4.69) is 67.1 Å². The minimum absolute atomic E-state index is 0.0515. The lowest BCUT2D eigenvalue weighted by atomic mass is 9.87. The molecule has 0 saturated carbocycles. The maximum Gasteiger partial charge on any atom is 0.227 e. The van der Waals surface area contributed by atoms with Crippen LogP contribution < -0.4 is 4.90 Å². The number of oxazole rings is 1. The Bertz CT molecular complexity index is 1770. The van der Waals surface area contributed by atoms with Crippen molar-refractivity contribution in [1.82, 2.24) is 9.97 Å². The highest BCUT2D eigenvalue weighted by Crippen LogP contribution is 2.37. The van der Waals surface area contributed by atoms with Crippen LogP contribution in [-0.2, 0) is 5.41 Å². The van der Waals surface area contributed by atoms with Crippen LogP contribution in [0.1, 0.15) is 26.3 Å². The Labute approximate surface area is 240 Å². The van der Waals surface area contributed by atoms with Crippen molar-refractivity contribution >= 4 is 28.2 Å². The van der Waals surface area contributed by atoms with Crippen molar-refractivity contribution in [3.63, 3.8) is 0 Å². The fraction of sp³-hybridized carbons (Fsp3) is 0.111. The average Bonchev–Trinajstić information content (AvgIpc) is 3.46. The van der Waals surface area contributed by atoms with E-state index in [-0.39, 0.29) is 5.41 Å². The SMILES string of the molecule is CC(C)(C)c1ccc(N(c2cccnc(-c3ccccc3)occ2)c2ccc3oc(-c4ccccc4)nc3c2)cc1. The Morgan fingerprint density at radius 3 is 1.93 bits per heavy atom. The molecule has 0 bridgehead atoms. The van der Waals surface area contributed by atoms with Crippen LogP contribution in [0.5, 0.6) is 0 Å². The molecule has 0 N–H and O–H groups in total. The molecule has 0 aliphatic carbocycles. The van der Waals surface area contributed by atoms with Crippen molar-refractivity contribution in [2.75, 3.05) is 4.90 Å². The van der Waals surface area contributed by atoms with Gasteiger partial charge in [0.2, 0.25) is 11.8 Å². The maximum absolute atomic E-state index is 6.10. The summed E-state index contributed by atoms with van der Waals surface area (Å²) in [5, 5.41) is 0. The van der Waals surface area contributed by atoms with E-state index in [0.29, 0.717) is 11.8 Å². The number of aromatic nitrogens is 2. The molecule has 0 saturated heterocycles. The molecule has 0 unspecified atom stereocenters. The summed E-state index contributed by atoms with van der Waals surface area (Å²) in [4.78, 5) is 11.5. The van der Waals surface area contributed by atoms with E-state index < -0.39 is 0 Å². The summed E-state index contributed by atoms with van der Waals surface area (Å²) in [6, 6.07) is 40.5. The fourth-order valence-electron chi connectivity index (χ4n) is 4.70. The third-order valence-corrected chi connectivity index (χ3v) is 6.88. The van der Waals surface area contributed by atoms with Crippen LogP contribution in [-0.4, -0.2) is 9.97 Å². The summed E-state index contributed by atoms with van der Waals surface area (Å²) in [6.07, 6.45) is 3.44. The van der Waals surface area contributed by atoms with Crippen LogP contribution in [0.15, 0.2) is 143 Å². The van der Waals surface area contributed by atoms with Gasteiger partial charge < -0.3 is 13.7 Å². The predicted octanol–water partition coefficient (Wildman–Crippen LogP) is 10.0. The Morgan fingerprint density at radius 2 is 1.24 bits per heavy atom. The molecule has 5 nitrogen and oxygen atoms in total. The first-order valence-corrected chi connectivity index (χ1v) is 13.7. The minimum atomic E-state index is 0.0515. The van der Waals surface area contributed by atoms with Gasteiger partial charge in [0, 0.05) is 34.4 Å². The Kier molecular flexibility index (Phi) is 7.09. The zero-order chi connectivity index (χ0) is 28.2. The van der Waals surface area contributed by atoms with Gasteiger partial charge in [-0.15, -0.1) is 0 Å². The molecule has 0 atom stereocenters. The highest BCUT2D eigenvalue weighted by atomic mass is 16.3. The van der Waals surface area contributed by atoms with Crippen LogP contribution in [0.4, 0.5) is 17.1 Å². The predicted molar refractivity (Wildman–Crippen MR) is 166 cm³/mol. The molecular weight excluding hydrogens is 506 g/mol. The minimum Gasteiger partial charge on any atom is -0.446 e. The monoisotopic (exact) mass is 537 g/mol. The topological polar surface area (TPSA) is 55.3 Å². The molecule has 5 heteroatoms. The van der Waals surface area contributed by atoms with E-state index >= 15 is 0 Å². The summed E-state index contributed by atoms with van der Waals surface area (Å²) in [7, 11) is 0. The van der Waals surface area contributed by atoms with Gasteiger partial charge in [0.25, 0.3) is 0 Å². The van der Waals surface area contributed by atoms with E-state index in [1.807, 2.05) is 84.9 Å². The summed E-state index contributed by atoms with van der Waals surface area (Å²) in [5.74, 6) is 1.13. The van der Waals surface area contributed by atoms with Gasteiger partial charge in [0.1, 0.15) is 5.52 Å². The number of anilines is 3. The van der Waals surface area contributed by atoms with Crippen molar-refractivity contribution in [2.45, 2.75) is 26.2 Å². The summed E-state index contributed by atoms with van der Waals surface area (Å²) in [6.45, 7) is 6.66. The van der Waals surface area contributed by atoms with Crippen molar-refractivity contribution < 1.29 is 8.83 Å². The molecule has 2 heterocycles. The van der Waals surface area contributed by atoms with Crippen LogP contribution in [0.3, 0.4) is 0 Å². The molecule has 0 radical (unpaired) electrons. The molecule has 4 aromatic carbocycles. The lowest BCUT2D eigenvalue weighted by Gasteiger charge is -2.26. The molecule has 202 valence electrons. The van der Waals surface area contributed by atoms with Gasteiger partial charge in [-0.1, -0.05) is 69.3 Å². The van der Waals surface area contributed by atoms with Gasteiger partial charge in [-0.05, 0) is 83.8 Å². The number of fused-ring (bicyclic) bond motifs is 1. The largest absolute Gasteiger partial charge is 0.446 e. The Morgan fingerprint density at radius 1 is 0.610 bits per heavy atom. The molecule has 0 spiro atoms. The molecule has 0 aliphatic heterocycles. The van der Waals surface area contributed by atoms with Gasteiger partial charge in [-0.2, -0.15) is 0 Å². The second kappa shape index (κ2) is 11.1. The lowest BCUT2D eigenvalue weighted by Crippen LogP contribution is -2.13. The first kappa shape index (κ1) is 26.1. The van der Waals surface area contributed by atoms with Crippen molar-refractivity contribution in [3.8, 4) is 22.9 Å². The third-order valence-electron chi connectivity index (χ3n) is 6.88. The summed E-state index contributed by atoms with van der Waals surface area (Å²) < 4.78 is 12.1. The van der Waals surface area contributed by atoms with Crippen LogP contribution in [0.25, 0.3) is 34.0 Å². The zero-order valence-corrected chi connectivity index (χ0v) is 23.4. The molecule has 6 aromatic rings. The van der Waals surface area contributed by atoms with Crippen molar-refractivity contribution in [1.29, 1.82) is 0 Å². The van der Waals surface area contributed by atoms with Crippen molar-refractivity contribution in [2.24, 2.45) is 0 Å². The lowest BCUT2D eigenvalue weighted by molar-refractivity contribution is 0.553. The molecular formula is C36H31N3O2. The van der Waals surface area contributed by atoms with E-state index in [4.69, 9.17) is 13.8 Å². The highest BCUT2D eigenvalue weighted by Gasteiger charge is 2.18. The second-order valence-corrected chi connectivity index (χ2v) is 10.8. The maximum atomic E-state index is 6.10. The van der Waals surface area contributed by atoms with Gasteiger partial charge >= 0.3 is 0 Å². The highest BCUT2D eigenvalue weighted by molar-refractivity contribution is 5.85. The number of rotatable bonds is 5. The van der Waals surface area contributed by atoms with E-state index in [1.165, 1.54) is 5.56 Å². The molecule has 0 fully saturated rings. The van der Waals surface area contributed by atoms with E-state index in [0.717, 1.165) is 39.3 Å². The van der Waals surface area contributed by atoms with Gasteiger partial charge in [0.15, 0.2) is 5.58 Å². The summed E-state index contributed by atoms with van der Waals surface area (Å²) in [5.41, 5.74) is 7.55. The zero-order valence-electron chi connectivity index (χ0n) is 23.4. The quantitative estimate of drug-likeness (QED) is 0.219. The Hall–Kier alpha value is -5.16. The molecule has 2 aromatic heterocycles. The van der Waals surface area contributed by atoms with Crippen LogP contribution >= 0.6 is 0 Å². The Balaban J connectivity index is 1.47. The second-order valence-electron chi connectivity index (χ2n) is 10.8. The average molecular weight is 538 g/mol. The number of hydrogen-bond acceptors (Lipinski definition) is 5. The van der Waals surface area contributed by atoms with E-state index in [9.17, 15) is 0 Å². The van der Waals surface area contributed by atoms with Gasteiger partial charge in [-0.3, -0.25) is 0 Å². The van der Waals surface area contributed by atoms with Crippen LogP contribution in [0, 0.1) is 0 Å². The smallest absolute Gasteiger partial charge is 0.227 e. The first-order valence-electron chi connectivity index (χ1n) is 13.7. The van der Waals surface area contributed by atoms with Crippen molar-refractivity contribution in [3.05, 3.63) is 139 Å². The van der Waals surface area contributed by atoms with Gasteiger partial charge in [-0.25, -0.2) is 9.97 Å². The standard InChI is InChI=1S/C36H31N3O2/c1-36(2,3)28-16-18-30(19-17-28)39(29-15-10-23-37-34(40-24-22-29)26-11-6-4-7-12-26)31-20-21-33-32(25-31)38-35(41-33)27-13-8-5-9-14-27/h4-25H,1-3H3. The number of hydrogen-bond donors (Lipinski definition) is 0.